The Morgan fingerprint density at radius 3 is 2.64 bits per heavy atom. The molecule has 10 nitrogen and oxygen atoms in total. The average molecular weight is 494 g/mol. The van der Waals surface area contributed by atoms with Crippen LogP contribution in [0.5, 0.6) is 0 Å². The van der Waals surface area contributed by atoms with Crippen molar-refractivity contribution in [2.75, 3.05) is 18.4 Å². The van der Waals surface area contributed by atoms with E-state index in [1.807, 2.05) is 0 Å². The van der Waals surface area contributed by atoms with Gasteiger partial charge >= 0.3 is 5.76 Å². The van der Waals surface area contributed by atoms with Crippen LogP contribution < -0.4 is 11.1 Å². The molecule has 1 aliphatic rings. The first kappa shape index (κ1) is 23.6. The smallest absolute Gasteiger partial charge is 0.408 e. The zero-order valence-electron chi connectivity index (χ0n) is 18.6. The maximum absolute atomic E-state index is 12.8. The quantitative estimate of drug-likeness (QED) is 0.485. The molecule has 1 fully saturated rings. The number of amides is 1. The Hall–Kier alpha value is -2.57. The molecule has 1 aromatic carbocycles. The van der Waals surface area contributed by atoms with Crippen LogP contribution in [0, 0.1) is 0 Å². The molecule has 1 amide bonds. The summed E-state index contributed by atoms with van der Waals surface area (Å²) in [5.41, 5.74) is 0.625. The van der Waals surface area contributed by atoms with Crippen molar-refractivity contribution in [3.05, 3.63) is 33.8 Å². The molecule has 0 unspecified atom stereocenters. The number of hydrogen-bond acceptors (Lipinski definition) is 8. The third-order valence-corrected chi connectivity index (χ3v) is 8.82. The van der Waals surface area contributed by atoms with E-state index in [0.717, 1.165) is 30.7 Å². The molecule has 1 aliphatic heterocycles. The van der Waals surface area contributed by atoms with Gasteiger partial charge in [-0.2, -0.15) is 4.31 Å². The molecule has 0 radical (unpaired) electrons. The molecule has 12 heteroatoms. The maximum Gasteiger partial charge on any atom is 0.419 e. The second kappa shape index (κ2) is 9.74. The van der Waals surface area contributed by atoms with Gasteiger partial charge in [-0.25, -0.2) is 13.2 Å². The topological polar surface area (TPSA) is 127 Å². The number of oxazole rings is 1. The maximum atomic E-state index is 12.8. The average Bonchev–Trinajstić information content (AvgIpc) is 3.53. The first-order valence-electron chi connectivity index (χ1n) is 11.1. The van der Waals surface area contributed by atoms with Crippen LogP contribution in [0.1, 0.15) is 56.9 Å². The summed E-state index contributed by atoms with van der Waals surface area (Å²) < 4.78 is 33.6. The number of rotatable bonds is 9. The van der Waals surface area contributed by atoms with E-state index in [1.165, 1.54) is 32.3 Å². The van der Waals surface area contributed by atoms with Gasteiger partial charge in [-0.1, -0.05) is 25.2 Å². The van der Waals surface area contributed by atoms with E-state index >= 15 is 0 Å². The van der Waals surface area contributed by atoms with Crippen molar-refractivity contribution < 1.29 is 17.6 Å². The highest BCUT2D eigenvalue weighted by Crippen LogP contribution is 2.28. The Morgan fingerprint density at radius 1 is 1.21 bits per heavy atom. The van der Waals surface area contributed by atoms with Gasteiger partial charge in [-0.3, -0.25) is 9.36 Å². The molecule has 0 saturated carbocycles. The highest BCUT2D eigenvalue weighted by atomic mass is 32.2. The molecular formula is C21H27N5O5S2. The minimum Gasteiger partial charge on any atom is -0.408 e. The molecular weight excluding hydrogens is 466 g/mol. The molecule has 33 heavy (non-hydrogen) atoms. The van der Waals surface area contributed by atoms with Gasteiger partial charge in [0.25, 0.3) is 0 Å². The zero-order chi connectivity index (χ0) is 23.6. The number of nitrogens with zero attached hydrogens (tertiary/aromatic N) is 4. The van der Waals surface area contributed by atoms with E-state index in [2.05, 4.69) is 29.4 Å². The van der Waals surface area contributed by atoms with Crippen LogP contribution in [0.2, 0.25) is 0 Å². The lowest BCUT2D eigenvalue weighted by Gasteiger charge is -2.15. The summed E-state index contributed by atoms with van der Waals surface area (Å²) in [4.78, 5) is 24.9. The van der Waals surface area contributed by atoms with Gasteiger partial charge in [0, 0.05) is 38.0 Å². The van der Waals surface area contributed by atoms with Crippen LogP contribution in [-0.2, 0) is 21.4 Å². The number of benzene rings is 1. The minimum atomic E-state index is -3.62. The monoisotopic (exact) mass is 493 g/mol. The van der Waals surface area contributed by atoms with Crippen molar-refractivity contribution in [2.24, 2.45) is 0 Å². The van der Waals surface area contributed by atoms with Gasteiger partial charge in [-0.15, -0.1) is 10.2 Å². The predicted octanol–water partition coefficient (Wildman–Crippen LogP) is 3.16. The van der Waals surface area contributed by atoms with E-state index in [-0.39, 0.29) is 29.4 Å². The van der Waals surface area contributed by atoms with Crippen LogP contribution >= 0.6 is 11.3 Å². The third-order valence-electron chi connectivity index (χ3n) is 5.93. The van der Waals surface area contributed by atoms with Gasteiger partial charge in [0.1, 0.15) is 5.01 Å². The lowest BCUT2D eigenvalue weighted by molar-refractivity contribution is -0.116. The van der Waals surface area contributed by atoms with Crippen molar-refractivity contribution >= 4 is 43.5 Å². The normalized spacial score (nSPS) is 15.0. The van der Waals surface area contributed by atoms with Gasteiger partial charge in [0.15, 0.2) is 5.58 Å². The molecule has 178 valence electrons. The number of aromatic nitrogens is 3. The summed E-state index contributed by atoms with van der Waals surface area (Å²) >= 11 is 1.36. The van der Waals surface area contributed by atoms with Crippen LogP contribution in [0.15, 0.2) is 32.3 Å². The fourth-order valence-corrected chi connectivity index (χ4v) is 6.54. The van der Waals surface area contributed by atoms with Crippen molar-refractivity contribution in [3.8, 4) is 0 Å². The van der Waals surface area contributed by atoms with Gasteiger partial charge in [-0.05, 0) is 37.8 Å². The lowest BCUT2D eigenvalue weighted by atomic mass is 10.1. The van der Waals surface area contributed by atoms with Crippen molar-refractivity contribution in [1.29, 1.82) is 0 Å². The number of sulfonamides is 1. The molecule has 1 saturated heterocycles. The number of nitrogens with one attached hydrogen (secondary N) is 1. The largest absolute Gasteiger partial charge is 0.419 e. The fourth-order valence-electron chi connectivity index (χ4n) is 3.98. The Balaban J connectivity index is 1.45. The molecule has 1 N–H and O–H groups in total. The summed E-state index contributed by atoms with van der Waals surface area (Å²) in [7, 11) is -3.62. The predicted molar refractivity (Wildman–Crippen MR) is 125 cm³/mol. The number of anilines is 1. The van der Waals surface area contributed by atoms with Crippen molar-refractivity contribution in [2.45, 2.75) is 63.3 Å². The first-order valence-corrected chi connectivity index (χ1v) is 13.4. The summed E-state index contributed by atoms with van der Waals surface area (Å²) in [5.74, 6) is -0.611. The van der Waals surface area contributed by atoms with Crippen LogP contribution in [0.4, 0.5) is 5.13 Å². The second-order valence-electron chi connectivity index (χ2n) is 8.02. The van der Waals surface area contributed by atoms with E-state index < -0.39 is 15.8 Å². The molecule has 0 spiro atoms. The molecule has 0 aliphatic carbocycles. The summed E-state index contributed by atoms with van der Waals surface area (Å²) in [6.07, 6.45) is 3.62. The molecule has 3 heterocycles. The minimum absolute atomic E-state index is 0.0300. The molecule has 3 aromatic rings. The number of carbonyl (C=O) groups is 1. The summed E-state index contributed by atoms with van der Waals surface area (Å²) in [5, 5.41) is 12.3. The zero-order valence-corrected chi connectivity index (χ0v) is 20.2. The van der Waals surface area contributed by atoms with Crippen molar-refractivity contribution in [3.63, 3.8) is 0 Å². The Bertz CT molecular complexity index is 1300. The highest BCUT2D eigenvalue weighted by molar-refractivity contribution is 7.89. The van der Waals surface area contributed by atoms with Gasteiger partial charge < -0.3 is 9.73 Å². The lowest BCUT2D eigenvalue weighted by Crippen LogP contribution is -2.27. The molecule has 0 atom stereocenters. The van der Waals surface area contributed by atoms with Gasteiger partial charge in [0.05, 0.1) is 10.4 Å². The number of carbonyl (C=O) groups excluding carboxylic acids is 1. The highest BCUT2D eigenvalue weighted by Gasteiger charge is 2.28. The Labute approximate surface area is 195 Å². The third kappa shape index (κ3) is 4.87. The van der Waals surface area contributed by atoms with E-state index in [9.17, 15) is 18.0 Å². The van der Waals surface area contributed by atoms with Crippen LogP contribution in [0.3, 0.4) is 0 Å². The fraction of sp³-hybridized carbons (Fsp3) is 0.524. The Morgan fingerprint density at radius 2 is 1.94 bits per heavy atom. The van der Waals surface area contributed by atoms with Crippen LogP contribution in [-0.4, -0.2) is 46.5 Å². The Kier molecular flexibility index (Phi) is 6.96. The molecule has 4 rings (SSSR count). The van der Waals surface area contributed by atoms with E-state index in [1.54, 1.807) is 6.07 Å². The van der Waals surface area contributed by atoms with Gasteiger partial charge in [0.2, 0.25) is 21.1 Å². The molecule has 2 aromatic heterocycles. The summed E-state index contributed by atoms with van der Waals surface area (Å²) in [6.45, 7) is 5.26. The second-order valence-corrected chi connectivity index (χ2v) is 11.0. The SMILES string of the molecule is CCC(CC)c1nnc(NC(=O)CCn2c(=O)oc3cc(S(=O)(=O)N4CCCC4)ccc32)s1. The van der Waals surface area contributed by atoms with E-state index in [0.29, 0.717) is 29.7 Å². The first-order chi connectivity index (χ1) is 15.8. The summed E-state index contributed by atoms with van der Waals surface area (Å²) in [6, 6.07) is 4.40. The number of fused-ring (bicyclic) bond motifs is 1. The standard InChI is InChI=1S/C21H27N5O5S2/c1-3-14(4-2)19-23-24-20(32-19)22-18(27)9-12-26-16-8-7-15(13-17(16)31-21(26)28)33(29,30)25-10-5-6-11-25/h7-8,13-14H,3-6,9-12H2,1-2H3,(H,22,24,27). The van der Waals surface area contributed by atoms with Crippen LogP contribution in [0.25, 0.3) is 11.1 Å². The number of aryl methyl sites for hydroxylation is 1. The van der Waals surface area contributed by atoms with E-state index in [4.69, 9.17) is 4.42 Å². The number of hydrogen-bond donors (Lipinski definition) is 1. The van der Waals surface area contributed by atoms with Crippen molar-refractivity contribution in [1.82, 2.24) is 19.1 Å². The molecule has 0 bridgehead atoms.